The Balaban J connectivity index is 2.07. The molecule has 0 spiro atoms. The fourth-order valence-corrected chi connectivity index (χ4v) is 2.99. The Morgan fingerprint density at radius 1 is 0.864 bits per heavy atom. The molecular formula is C18H18IN3. The van der Waals surface area contributed by atoms with Crippen LogP contribution in [-0.4, -0.2) is 14.8 Å². The fraction of sp³-hybridized carbons (Fsp3) is 0.222. The van der Waals surface area contributed by atoms with Gasteiger partial charge in [-0.1, -0.05) is 63.2 Å². The largest absolute Gasteiger partial charge is 0.270 e. The summed E-state index contributed by atoms with van der Waals surface area (Å²) in [4.78, 5) is 0. The highest BCUT2D eigenvalue weighted by Gasteiger charge is 2.16. The summed E-state index contributed by atoms with van der Waals surface area (Å²) in [5.41, 5.74) is 3.62. The molecule has 0 saturated carbocycles. The molecule has 0 radical (unpaired) electrons. The molecule has 4 heteroatoms. The van der Waals surface area contributed by atoms with Crippen LogP contribution in [0.2, 0.25) is 0 Å². The molecule has 1 heterocycles. The summed E-state index contributed by atoms with van der Waals surface area (Å²) in [5.74, 6) is 0.871. The van der Waals surface area contributed by atoms with Crippen molar-refractivity contribution in [2.75, 3.05) is 0 Å². The van der Waals surface area contributed by atoms with Crippen LogP contribution in [0.15, 0.2) is 54.6 Å². The van der Waals surface area contributed by atoms with Gasteiger partial charge in [0, 0.05) is 33.8 Å². The maximum absolute atomic E-state index is 4.36. The zero-order valence-electron chi connectivity index (χ0n) is 12.9. The van der Waals surface area contributed by atoms with Gasteiger partial charge in [0.05, 0.1) is 0 Å². The van der Waals surface area contributed by atoms with Crippen LogP contribution in [0.4, 0.5) is 0 Å². The number of hydrogen-bond donors (Lipinski definition) is 0. The van der Waals surface area contributed by atoms with E-state index in [4.69, 9.17) is 0 Å². The third kappa shape index (κ3) is 2.92. The van der Waals surface area contributed by atoms with Crippen molar-refractivity contribution in [2.45, 2.75) is 26.2 Å². The van der Waals surface area contributed by atoms with E-state index in [2.05, 4.69) is 94.5 Å². The summed E-state index contributed by atoms with van der Waals surface area (Å²) in [6, 6.07) is 18.8. The topological polar surface area (TPSA) is 30.7 Å². The summed E-state index contributed by atoms with van der Waals surface area (Å²) in [5, 5.41) is 8.60. The summed E-state index contributed by atoms with van der Waals surface area (Å²) in [7, 11) is 0. The Kier molecular flexibility index (Phi) is 4.04. The van der Waals surface area contributed by atoms with Crippen LogP contribution >= 0.6 is 22.6 Å². The lowest BCUT2D eigenvalue weighted by Crippen LogP contribution is -2.10. The highest BCUT2D eigenvalue weighted by atomic mass is 127. The van der Waals surface area contributed by atoms with Crippen molar-refractivity contribution in [3.8, 4) is 17.1 Å². The normalized spacial score (nSPS) is 11.6. The van der Waals surface area contributed by atoms with E-state index in [-0.39, 0.29) is 5.41 Å². The number of benzene rings is 2. The van der Waals surface area contributed by atoms with Crippen molar-refractivity contribution < 1.29 is 0 Å². The first-order chi connectivity index (χ1) is 10.5. The van der Waals surface area contributed by atoms with E-state index in [1.807, 2.05) is 18.2 Å². The van der Waals surface area contributed by atoms with Crippen LogP contribution in [-0.2, 0) is 5.41 Å². The van der Waals surface area contributed by atoms with Gasteiger partial charge in [-0.15, -0.1) is 10.2 Å². The molecule has 0 aliphatic heterocycles. The summed E-state index contributed by atoms with van der Waals surface area (Å²) < 4.78 is 2.94. The molecule has 3 rings (SSSR count). The first-order valence-corrected chi connectivity index (χ1v) is 8.32. The second-order valence-electron chi connectivity index (χ2n) is 6.29. The van der Waals surface area contributed by atoms with E-state index in [1.54, 1.807) is 0 Å². The molecule has 0 unspecified atom stereocenters. The highest BCUT2D eigenvalue weighted by Crippen LogP contribution is 2.27. The molecule has 3 aromatic rings. The summed E-state index contributed by atoms with van der Waals surface area (Å²) in [6.45, 7) is 6.66. The van der Waals surface area contributed by atoms with Gasteiger partial charge in [-0.05, 0) is 23.1 Å². The summed E-state index contributed by atoms with van der Waals surface area (Å²) in [6.07, 6.45) is 0. The lowest BCUT2D eigenvalue weighted by Gasteiger charge is -2.19. The number of hydrogen-bond acceptors (Lipinski definition) is 2. The number of nitrogens with zero attached hydrogens (tertiary/aromatic N) is 3. The van der Waals surface area contributed by atoms with Crippen LogP contribution in [0, 0.1) is 3.83 Å². The predicted octanol–water partition coefficient (Wildman–Crippen LogP) is 4.84. The van der Waals surface area contributed by atoms with Crippen molar-refractivity contribution in [3.63, 3.8) is 0 Å². The lowest BCUT2D eigenvalue weighted by atomic mass is 9.87. The molecule has 0 aliphatic rings. The van der Waals surface area contributed by atoms with E-state index in [0.29, 0.717) is 0 Å². The van der Waals surface area contributed by atoms with Gasteiger partial charge in [0.1, 0.15) is 0 Å². The molecule has 0 aliphatic carbocycles. The van der Waals surface area contributed by atoms with Crippen molar-refractivity contribution in [1.29, 1.82) is 0 Å². The second-order valence-corrected chi connectivity index (χ2v) is 7.26. The second kappa shape index (κ2) is 5.83. The van der Waals surface area contributed by atoms with Crippen molar-refractivity contribution in [2.24, 2.45) is 0 Å². The monoisotopic (exact) mass is 403 g/mol. The lowest BCUT2D eigenvalue weighted by molar-refractivity contribution is 0.590. The molecule has 22 heavy (non-hydrogen) atoms. The number of halogens is 1. The van der Waals surface area contributed by atoms with Gasteiger partial charge in [0.25, 0.3) is 0 Å². The van der Waals surface area contributed by atoms with E-state index in [1.165, 1.54) is 5.56 Å². The Morgan fingerprint density at radius 2 is 1.50 bits per heavy atom. The van der Waals surface area contributed by atoms with Gasteiger partial charge in [-0.2, -0.15) is 0 Å². The van der Waals surface area contributed by atoms with Crippen molar-refractivity contribution >= 4 is 22.6 Å². The zero-order chi connectivity index (χ0) is 15.7. The SMILES string of the molecule is CC(C)(C)c1ccc(-c2nnc(I)n2-c2ccccc2)cc1. The quantitative estimate of drug-likeness (QED) is 0.574. The van der Waals surface area contributed by atoms with E-state index < -0.39 is 0 Å². The van der Waals surface area contributed by atoms with E-state index >= 15 is 0 Å². The maximum Gasteiger partial charge on any atom is 0.199 e. The Bertz CT molecular complexity index is 768. The molecular weight excluding hydrogens is 385 g/mol. The smallest absolute Gasteiger partial charge is 0.199 e. The van der Waals surface area contributed by atoms with Crippen LogP contribution in [0.25, 0.3) is 17.1 Å². The van der Waals surface area contributed by atoms with E-state index in [9.17, 15) is 0 Å². The predicted molar refractivity (Wildman–Crippen MR) is 98.2 cm³/mol. The minimum Gasteiger partial charge on any atom is -0.270 e. The van der Waals surface area contributed by atoms with Crippen molar-refractivity contribution in [3.05, 3.63) is 64.0 Å². The van der Waals surface area contributed by atoms with Crippen LogP contribution in [0.5, 0.6) is 0 Å². The maximum atomic E-state index is 4.36. The number of aromatic nitrogens is 3. The molecule has 0 fully saturated rings. The van der Waals surface area contributed by atoms with Gasteiger partial charge >= 0.3 is 0 Å². The van der Waals surface area contributed by atoms with Gasteiger partial charge in [-0.25, -0.2) is 0 Å². The minimum atomic E-state index is 0.153. The van der Waals surface area contributed by atoms with Gasteiger partial charge < -0.3 is 0 Å². The molecule has 112 valence electrons. The molecule has 3 nitrogen and oxygen atoms in total. The Hall–Kier alpha value is -1.69. The molecule has 0 amide bonds. The zero-order valence-corrected chi connectivity index (χ0v) is 15.1. The fourth-order valence-electron chi connectivity index (χ4n) is 2.38. The number of para-hydroxylation sites is 1. The van der Waals surface area contributed by atoms with Gasteiger partial charge in [-0.3, -0.25) is 4.57 Å². The Labute approximate surface area is 144 Å². The molecule has 2 aromatic carbocycles. The molecule has 1 aromatic heterocycles. The minimum absolute atomic E-state index is 0.153. The Morgan fingerprint density at radius 3 is 2.09 bits per heavy atom. The third-order valence-electron chi connectivity index (χ3n) is 3.65. The first kappa shape index (κ1) is 15.2. The first-order valence-electron chi connectivity index (χ1n) is 7.24. The molecule has 0 bridgehead atoms. The average molecular weight is 403 g/mol. The average Bonchev–Trinajstić information content (AvgIpc) is 2.89. The van der Waals surface area contributed by atoms with E-state index in [0.717, 1.165) is 20.9 Å². The molecule has 0 N–H and O–H groups in total. The van der Waals surface area contributed by atoms with Gasteiger partial charge in [0.15, 0.2) is 9.66 Å². The number of rotatable bonds is 2. The van der Waals surface area contributed by atoms with Crippen LogP contribution in [0.3, 0.4) is 0 Å². The molecule has 0 saturated heterocycles. The van der Waals surface area contributed by atoms with Crippen molar-refractivity contribution in [1.82, 2.24) is 14.8 Å². The van der Waals surface area contributed by atoms with Gasteiger partial charge in [0.2, 0.25) is 0 Å². The third-order valence-corrected chi connectivity index (χ3v) is 4.35. The molecule has 0 atom stereocenters. The highest BCUT2D eigenvalue weighted by molar-refractivity contribution is 14.1. The van der Waals surface area contributed by atoms with Crippen LogP contribution in [0.1, 0.15) is 26.3 Å². The summed E-state index contributed by atoms with van der Waals surface area (Å²) >= 11 is 2.22. The van der Waals surface area contributed by atoms with Crippen LogP contribution < -0.4 is 0 Å². The standard InChI is InChI=1S/C18H18IN3/c1-18(2,3)14-11-9-13(10-12-14)16-20-21-17(19)22(16)15-7-5-4-6-8-15/h4-12H,1-3H3.